The molecule has 2 atom stereocenters. The van der Waals surface area contributed by atoms with Gasteiger partial charge in [0.1, 0.15) is 5.84 Å². The van der Waals surface area contributed by atoms with E-state index in [9.17, 15) is 0 Å². The average molecular weight is 697 g/mol. The predicted octanol–water partition coefficient (Wildman–Crippen LogP) is 14.2. The van der Waals surface area contributed by atoms with Crippen LogP contribution in [-0.4, -0.2) is 10.4 Å². The first-order chi connectivity index (χ1) is 26.6. The first-order valence-electron chi connectivity index (χ1n) is 19.2. The zero-order valence-corrected chi connectivity index (χ0v) is 31.0. The Labute approximate surface area is 318 Å². The van der Waals surface area contributed by atoms with Crippen LogP contribution in [-0.2, 0) is 0 Å². The fourth-order valence-electron chi connectivity index (χ4n) is 8.35. The molecule has 0 spiro atoms. The lowest BCUT2D eigenvalue weighted by Crippen LogP contribution is -2.10. The lowest BCUT2D eigenvalue weighted by atomic mass is 9.80. The monoisotopic (exact) mass is 696 g/mol. The summed E-state index contributed by atoms with van der Waals surface area (Å²) in [6.07, 6.45) is 17.5. The molecule has 0 radical (unpaired) electrons. The van der Waals surface area contributed by atoms with Gasteiger partial charge in [0.2, 0.25) is 0 Å². The smallest absolute Gasteiger partial charge is 0.137 e. The number of aromatic nitrogens is 1. The molecule has 1 heterocycles. The standard InChI is InChI=1S/C52H44N2/c1-4-13-52(53-5-2)54-50-28-25-42(36-15-7-6-8-16-36)33-48(50)49-34-44(26-29-51(49)54)41-20-12-18-39(31-41)38-17-11-19-40(30-38)43-24-27-46(37-22-23-37)47(32-43)45-21-10-9-14-35(45)3/h4-21,24-35,37,45H,2,22-23H2,1,3H3/b13-4-,53-52?. The van der Waals surface area contributed by atoms with Crippen LogP contribution >= 0.6 is 0 Å². The van der Waals surface area contributed by atoms with E-state index in [2.05, 4.69) is 181 Å². The third-order valence-electron chi connectivity index (χ3n) is 11.2. The first-order valence-corrected chi connectivity index (χ1v) is 19.2. The fourth-order valence-corrected chi connectivity index (χ4v) is 8.35. The van der Waals surface area contributed by atoms with Gasteiger partial charge in [0.15, 0.2) is 0 Å². The molecule has 0 N–H and O–H groups in total. The van der Waals surface area contributed by atoms with Gasteiger partial charge >= 0.3 is 0 Å². The van der Waals surface area contributed by atoms with E-state index in [4.69, 9.17) is 0 Å². The molecule has 1 aromatic heterocycles. The van der Waals surface area contributed by atoms with Crippen LogP contribution < -0.4 is 0 Å². The molecule has 9 rings (SSSR count). The quantitative estimate of drug-likeness (QED) is 0.111. The van der Waals surface area contributed by atoms with Gasteiger partial charge in [-0.15, -0.1) is 0 Å². The second kappa shape index (κ2) is 14.3. The number of aliphatic imine (C=N–C) groups is 1. The molecule has 0 bridgehead atoms. The van der Waals surface area contributed by atoms with Gasteiger partial charge in [-0.1, -0.05) is 141 Å². The zero-order valence-electron chi connectivity index (χ0n) is 31.0. The van der Waals surface area contributed by atoms with Gasteiger partial charge in [-0.25, -0.2) is 4.99 Å². The maximum atomic E-state index is 4.69. The molecule has 1 fully saturated rings. The Balaban J connectivity index is 1.12. The maximum absolute atomic E-state index is 4.69. The average Bonchev–Trinajstić information content (AvgIpc) is 4.03. The van der Waals surface area contributed by atoms with Crippen LogP contribution in [0.25, 0.3) is 66.3 Å². The van der Waals surface area contributed by atoms with Crippen molar-refractivity contribution in [3.63, 3.8) is 0 Å². The van der Waals surface area contributed by atoms with Crippen molar-refractivity contribution in [2.24, 2.45) is 10.9 Å². The Hall–Kier alpha value is -6.25. The molecule has 2 heteroatoms. The van der Waals surface area contributed by atoms with E-state index in [1.165, 1.54) is 73.7 Å². The summed E-state index contributed by atoms with van der Waals surface area (Å²) in [7, 11) is 0. The molecule has 0 aliphatic heterocycles. The topological polar surface area (TPSA) is 17.3 Å². The van der Waals surface area contributed by atoms with Crippen LogP contribution in [0.5, 0.6) is 0 Å². The minimum Gasteiger partial charge on any atom is -0.294 e. The lowest BCUT2D eigenvalue weighted by molar-refractivity contribution is 0.630. The minimum atomic E-state index is 0.422. The fraction of sp³-hybridized carbons (Fsp3) is 0.135. The van der Waals surface area contributed by atoms with E-state index in [1.54, 1.807) is 11.8 Å². The van der Waals surface area contributed by atoms with Gasteiger partial charge in [-0.3, -0.25) is 4.57 Å². The van der Waals surface area contributed by atoms with Crippen LogP contribution in [0.3, 0.4) is 0 Å². The summed E-state index contributed by atoms with van der Waals surface area (Å²) < 4.78 is 2.25. The van der Waals surface area contributed by atoms with Crippen LogP contribution in [0.15, 0.2) is 188 Å². The van der Waals surface area contributed by atoms with Crippen LogP contribution in [0.1, 0.15) is 49.7 Å². The maximum Gasteiger partial charge on any atom is 0.137 e. The van der Waals surface area contributed by atoms with E-state index >= 15 is 0 Å². The van der Waals surface area contributed by atoms with E-state index in [0.29, 0.717) is 17.8 Å². The van der Waals surface area contributed by atoms with Crippen molar-refractivity contribution in [2.75, 3.05) is 0 Å². The van der Waals surface area contributed by atoms with Crippen LogP contribution in [0.2, 0.25) is 0 Å². The van der Waals surface area contributed by atoms with Crippen molar-refractivity contribution >= 4 is 27.6 Å². The Morgan fingerprint density at radius 3 is 1.70 bits per heavy atom. The molecule has 0 saturated heterocycles. The number of hydrogen-bond acceptors (Lipinski definition) is 1. The van der Waals surface area contributed by atoms with Gasteiger partial charge in [0.25, 0.3) is 0 Å². The Morgan fingerprint density at radius 1 is 0.593 bits per heavy atom. The number of hydrogen-bond donors (Lipinski definition) is 0. The van der Waals surface area contributed by atoms with Crippen LogP contribution in [0.4, 0.5) is 0 Å². The van der Waals surface area contributed by atoms with E-state index in [1.807, 2.05) is 19.1 Å². The predicted molar refractivity (Wildman–Crippen MR) is 231 cm³/mol. The number of allylic oxidation sites excluding steroid dienone is 6. The molecule has 1 saturated carbocycles. The highest BCUT2D eigenvalue weighted by Crippen LogP contribution is 2.46. The summed E-state index contributed by atoms with van der Waals surface area (Å²) in [5, 5.41) is 2.39. The lowest BCUT2D eigenvalue weighted by Gasteiger charge is -2.24. The molecule has 2 unspecified atom stereocenters. The number of benzene rings is 6. The second-order valence-corrected chi connectivity index (χ2v) is 14.8. The number of nitrogens with zero attached hydrogens (tertiary/aromatic N) is 2. The molecule has 2 aliphatic carbocycles. The van der Waals surface area contributed by atoms with E-state index in [0.717, 1.165) is 16.9 Å². The largest absolute Gasteiger partial charge is 0.294 e. The summed E-state index contributed by atoms with van der Waals surface area (Å²) >= 11 is 0. The van der Waals surface area contributed by atoms with Crippen molar-refractivity contribution in [1.29, 1.82) is 0 Å². The molecule has 54 heavy (non-hydrogen) atoms. The molecular weight excluding hydrogens is 653 g/mol. The highest BCUT2D eigenvalue weighted by Gasteiger charge is 2.30. The third-order valence-corrected chi connectivity index (χ3v) is 11.2. The SMILES string of the molecule is C=CN=C(/C=C\C)n1c2ccc(-c3ccccc3)cc2c2cc(-c3cccc(-c4cccc(-c5ccc(C6CC6)c(C6C=CC=CC6C)c5)c4)c3)ccc21. The molecule has 2 nitrogen and oxygen atoms in total. The van der Waals surface area contributed by atoms with Crippen molar-refractivity contribution < 1.29 is 0 Å². The number of fused-ring (bicyclic) bond motifs is 3. The summed E-state index contributed by atoms with van der Waals surface area (Å²) in [4.78, 5) is 4.69. The Morgan fingerprint density at radius 2 is 1.13 bits per heavy atom. The molecule has 6 aromatic carbocycles. The van der Waals surface area contributed by atoms with Crippen molar-refractivity contribution in [2.45, 2.75) is 38.5 Å². The molecular formula is C52H44N2. The van der Waals surface area contributed by atoms with E-state index in [-0.39, 0.29) is 0 Å². The summed E-state index contributed by atoms with van der Waals surface area (Å²) in [5.41, 5.74) is 15.0. The highest BCUT2D eigenvalue weighted by atomic mass is 15.1. The van der Waals surface area contributed by atoms with Gasteiger partial charge in [-0.05, 0) is 130 Å². The van der Waals surface area contributed by atoms with Gasteiger partial charge in [0.05, 0.1) is 11.0 Å². The first kappa shape index (κ1) is 33.6. The number of rotatable bonds is 8. The zero-order chi connectivity index (χ0) is 36.6. The summed E-state index contributed by atoms with van der Waals surface area (Å²) in [6, 6.07) is 49.5. The van der Waals surface area contributed by atoms with E-state index < -0.39 is 0 Å². The Bertz CT molecular complexity index is 2660. The normalized spacial score (nSPS) is 17.2. The van der Waals surface area contributed by atoms with Crippen molar-refractivity contribution in [3.05, 3.63) is 194 Å². The molecule has 0 amide bonds. The van der Waals surface area contributed by atoms with Gasteiger partial charge < -0.3 is 0 Å². The van der Waals surface area contributed by atoms with Crippen molar-refractivity contribution in [3.8, 4) is 44.5 Å². The molecule has 7 aromatic rings. The third kappa shape index (κ3) is 6.28. The summed E-state index contributed by atoms with van der Waals surface area (Å²) in [6.45, 7) is 8.28. The van der Waals surface area contributed by atoms with Crippen molar-refractivity contribution in [1.82, 2.24) is 4.57 Å². The summed E-state index contributed by atoms with van der Waals surface area (Å²) in [5.74, 6) is 2.47. The molecule has 2 aliphatic rings. The molecule has 262 valence electrons. The highest BCUT2D eigenvalue weighted by molar-refractivity contribution is 6.17. The Kier molecular flexibility index (Phi) is 8.89. The van der Waals surface area contributed by atoms with Crippen LogP contribution in [0, 0.1) is 5.92 Å². The van der Waals surface area contributed by atoms with Gasteiger partial charge in [0, 0.05) is 22.9 Å². The minimum absolute atomic E-state index is 0.422. The van der Waals surface area contributed by atoms with Gasteiger partial charge in [-0.2, -0.15) is 0 Å². The second-order valence-electron chi connectivity index (χ2n) is 14.8.